The van der Waals surface area contributed by atoms with E-state index in [1.807, 2.05) is 44.2 Å². The lowest BCUT2D eigenvalue weighted by atomic mass is 10.1. The zero-order valence-corrected chi connectivity index (χ0v) is 13.1. The maximum absolute atomic E-state index is 12.0. The van der Waals surface area contributed by atoms with Crippen molar-refractivity contribution in [2.24, 2.45) is 0 Å². The summed E-state index contributed by atoms with van der Waals surface area (Å²) in [5.41, 5.74) is 3.52. The van der Waals surface area contributed by atoms with Crippen LogP contribution < -0.4 is 5.32 Å². The van der Waals surface area contributed by atoms with Gasteiger partial charge in [0.05, 0.1) is 30.5 Å². The molecule has 2 aromatic heterocycles. The van der Waals surface area contributed by atoms with E-state index in [4.69, 9.17) is 4.52 Å². The van der Waals surface area contributed by atoms with E-state index >= 15 is 0 Å². The average Bonchev–Trinajstić information content (AvgIpc) is 3.10. The Morgan fingerprint density at radius 1 is 1.26 bits per heavy atom. The van der Waals surface area contributed by atoms with Crippen molar-refractivity contribution in [2.45, 2.75) is 26.8 Å². The van der Waals surface area contributed by atoms with Gasteiger partial charge >= 0.3 is 0 Å². The van der Waals surface area contributed by atoms with Gasteiger partial charge in [0, 0.05) is 11.8 Å². The molecule has 0 bridgehead atoms. The minimum Gasteiger partial charge on any atom is -0.361 e. The van der Waals surface area contributed by atoms with E-state index in [1.54, 1.807) is 17.1 Å². The van der Waals surface area contributed by atoms with Crippen molar-refractivity contribution in [2.75, 3.05) is 5.32 Å². The maximum Gasteiger partial charge on any atom is 0.228 e. The van der Waals surface area contributed by atoms with E-state index in [2.05, 4.69) is 15.6 Å². The maximum atomic E-state index is 12.0. The summed E-state index contributed by atoms with van der Waals surface area (Å²) in [6, 6.07) is 9.63. The van der Waals surface area contributed by atoms with Gasteiger partial charge in [-0.25, -0.2) is 0 Å². The monoisotopic (exact) mass is 310 g/mol. The smallest absolute Gasteiger partial charge is 0.228 e. The van der Waals surface area contributed by atoms with Gasteiger partial charge in [0.25, 0.3) is 0 Å². The van der Waals surface area contributed by atoms with Crippen LogP contribution in [0.25, 0.3) is 0 Å². The summed E-state index contributed by atoms with van der Waals surface area (Å²) in [5, 5.41) is 11.1. The van der Waals surface area contributed by atoms with Gasteiger partial charge in [-0.2, -0.15) is 5.10 Å². The Morgan fingerprint density at radius 3 is 2.74 bits per heavy atom. The van der Waals surface area contributed by atoms with Crippen LogP contribution in [0.1, 0.15) is 22.6 Å². The molecule has 2 heterocycles. The highest BCUT2D eigenvalue weighted by molar-refractivity contribution is 5.91. The summed E-state index contributed by atoms with van der Waals surface area (Å²) in [4.78, 5) is 12.0. The number of aromatic nitrogens is 3. The number of benzene rings is 1. The minimum absolute atomic E-state index is 0.0620. The van der Waals surface area contributed by atoms with Crippen molar-refractivity contribution in [3.05, 3.63) is 65.3 Å². The standard InChI is InChI=1S/C17H18N4O2/c1-12-16(13(2)23-20-12)11-21-10-15(9-18-21)19-17(22)8-14-6-4-3-5-7-14/h3-7,9-10H,8,11H2,1-2H3,(H,19,22). The molecule has 118 valence electrons. The Hall–Kier alpha value is -2.89. The van der Waals surface area contributed by atoms with Crippen LogP contribution in [0, 0.1) is 13.8 Å². The molecule has 3 aromatic rings. The van der Waals surface area contributed by atoms with Crippen LogP contribution in [0.5, 0.6) is 0 Å². The molecule has 0 saturated carbocycles. The molecule has 0 spiro atoms. The summed E-state index contributed by atoms with van der Waals surface area (Å²) in [6.45, 7) is 4.34. The normalized spacial score (nSPS) is 10.7. The number of rotatable bonds is 5. The number of nitrogens with one attached hydrogen (secondary N) is 1. The fourth-order valence-electron chi connectivity index (χ4n) is 2.39. The average molecular weight is 310 g/mol. The second-order valence-electron chi connectivity index (χ2n) is 5.44. The van der Waals surface area contributed by atoms with Gasteiger partial charge in [-0.3, -0.25) is 9.48 Å². The number of aryl methyl sites for hydroxylation is 2. The zero-order chi connectivity index (χ0) is 16.2. The van der Waals surface area contributed by atoms with Gasteiger partial charge in [0.2, 0.25) is 5.91 Å². The topological polar surface area (TPSA) is 73.0 Å². The van der Waals surface area contributed by atoms with Crippen LogP contribution in [0.4, 0.5) is 5.69 Å². The van der Waals surface area contributed by atoms with Crippen molar-refractivity contribution < 1.29 is 9.32 Å². The Kier molecular flexibility index (Phi) is 4.23. The van der Waals surface area contributed by atoms with Gasteiger partial charge in [0.15, 0.2) is 0 Å². The van der Waals surface area contributed by atoms with Crippen molar-refractivity contribution in [3.8, 4) is 0 Å². The molecule has 1 amide bonds. The molecule has 6 nitrogen and oxygen atoms in total. The summed E-state index contributed by atoms with van der Waals surface area (Å²) >= 11 is 0. The van der Waals surface area contributed by atoms with E-state index < -0.39 is 0 Å². The number of carbonyl (C=O) groups is 1. The van der Waals surface area contributed by atoms with Crippen molar-refractivity contribution in [3.63, 3.8) is 0 Å². The second-order valence-corrected chi connectivity index (χ2v) is 5.44. The molecular weight excluding hydrogens is 292 g/mol. The number of hydrogen-bond donors (Lipinski definition) is 1. The molecule has 0 saturated heterocycles. The fourth-order valence-corrected chi connectivity index (χ4v) is 2.39. The van der Waals surface area contributed by atoms with E-state index in [9.17, 15) is 4.79 Å². The van der Waals surface area contributed by atoms with Gasteiger partial charge in [0.1, 0.15) is 5.76 Å². The van der Waals surface area contributed by atoms with E-state index in [0.717, 1.165) is 22.6 Å². The SMILES string of the molecule is Cc1noc(C)c1Cn1cc(NC(=O)Cc2ccccc2)cn1. The molecule has 0 fully saturated rings. The second kappa shape index (κ2) is 6.48. The predicted octanol–water partition coefficient (Wildman–Crippen LogP) is 2.72. The highest BCUT2D eigenvalue weighted by atomic mass is 16.5. The Bertz CT molecular complexity index is 786. The predicted molar refractivity (Wildman–Crippen MR) is 86.1 cm³/mol. The van der Waals surface area contributed by atoms with E-state index in [1.165, 1.54) is 0 Å². The molecule has 3 rings (SSSR count). The van der Waals surface area contributed by atoms with Crippen LogP contribution in [-0.4, -0.2) is 20.8 Å². The number of anilines is 1. The first kappa shape index (κ1) is 15.0. The largest absolute Gasteiger partial charge is 0.361 e. The van der Waals surface area contributed by atoms with Crippen LogP contribution in [0.2, 0.25) is 0 Å². The first-order valence-corrected chi connectivity index (χ1v) is 7.40. The lowest BCUT2D eigenvalue weighted by Crippen LogP contribution is -2.13. The van der Waals surface area contributed by atoms with E-state index in [0.29, 0.717) is 18.7 Å². The molecular formula is C17H18N4O2. The Morgan fingerprint density at radius 2 is 2.04 bits per heavy atom. The number of hydrogen-bond acceptors (Lipinski definition) is 4. The lowest BCUT2D eigenvalue weighted by Gasteiger charge is -2.03. The molecule has 1 aromatic carbocycles. The summed E-state index contributed by atoms with van der Waals surface area (Å²) in [7, 11) is 0. The first-order valence-electron chi connectivity index (χ1n) is 7.40. The summed E-state index contributed by atoms with van der Waals surface area (Å²) in [5.74, 6) is 0.723. The molecule has 0 radical (unpaired) electrons. The molecule has 1 N–H and O–H groups in total. The van der Waals surface area contributed by atoms with Crippen molar-refractivity contribution >= 4 is 11.6 Å². The lowest BCUT2D eigenvalue weighted by molar-refractivity contribution is -0.115. The minimum atomic E-state index is -0.0620. The molecule has 0 aliphatic carbocycles. The van der Waals surface area contributed by atoms with Gasteiger partial charge in [-0.05, 0) is 19.4 Å². The Labute approximate surface area is 134 Å². The summed E-state index contributed by atoms with van der Waals surface area (Å²) < 4.78 is 6.90. The first-order chi connectivity index (χ1) is 11.1. The van der Waals surface area contributed by atoms with Gasteiger partial charge in [-0.1, -0.05) is 35.5 Å². The molecule has 0 atom stereocenters. The zero-order valence-electron chi connectivity index (χ0n) is 13.1. The third-order valence-electron chi connectivity index (χ3n) is 3.63. The third kappa shape index (κ3) is 3.66. The highest BCUT2D eigenvalue weighted by Gasteiger charge is 2.11. The van der Waals surface area contributed by atoms with Crippen molar-refractivity contribution in [1.82, 2.24) is 14.9 Å². The van der Waals surface area contributed by atoms with Crippen LogP contribution >= 0.6 is 0 Å². The Balaban J connectivity index is 1.62. The molecule has 6 heteroatoms. The molecule has 0 aliphatic heterocycles. The molecule has 0 aliphatic rings. The van der Waals surface area contributed by atoms with Crippen LogP contribution in [0.3, 0.4) is 0 Å². The quantitative estimate of drug-likeness (QED) is 0.786. The van der Waals surface area contributed by atoms with Crippen LogP contribution in [-0.2, 0) is 17.8 Å². The molecule has 0 unspecified atom stereocenters. The van der Waals surface area contributed by atoms with Gasteiger partial charge in [-0.15, -0.1) is 0 Å². The number of amides is 1. The molecule has 23 heavy (non-hydrogen) atoms. The number of nitrogens with zero attached hydrogens (tertiary/aromatic N) is 3. The fraction of sp³-hybridized carbons (Fsp3) is 0.235. The van der Waals surface area contributed by atoms with Crippen molar-refractivity contribution in [1.29, 1.82) is 0 Å². The van der Waals surface area contributed by atoms with Crippen LogP contribution in [0.15, 0.2) is 47.2 Å². The third-order valence-corrected chi connectivity index (χ3v) is 3.63. The number of carbonyl (C=O) groups excluding carboxylic acids is 1. The van der Waals surface area contributed by atoms with Gasteiger partial charge < -0.3 is 9.84 Å². The summed E-state index contributed by atoms with van der Waals surface area (Å²) in [6.07, 6.45) is 3.78. The highest BCUT2D eigenvalue weighted by Crippen LogP contribution is 2.15. The van der Waals surface area contributed by atoms with E-state index in [-0.39, 0.29) is 5.91 Å².